The highest BCUT2D eigenvalue weighted by molar-refractivity contribution is 5.76. The average Bonchev–Trinajstić information content (AvgIpc) is 2.15. The Morgan fingerprint density at radius 2 is 1.94 bits per heavy atom. The molecular weight excluding hydrogens is 216 g/mol. The summed E-state index contributed by atoms with van der Waals surface area (Å²) in [5.41, 5.74) is 0.0496. The predicted molar refractivity (Wildman–Crippen MR) is 70.9 cm³/mol. The first-order chi connectivity index (χ1) is 7.78. The molecule has 4 nitrogen and oxygen atoms in total. The Morgan fingerprint density at radius 3 is 2.35 bits per heavy atom. The molecule has 0 bridgehead atoms. The number of nitrogens with one attached hydrogen (secondary N) is 1. The van der Waals surface area contributed by atoms with Gasteiger partial charge in [0.25, 0.3) is 0 Å². The zero-order valence-electron chi connectivity index (χ0n) is 11.9. The molecule has 17 heavy (non-hydrogen) atoms. The number of carbonyl (C=O) groups excluding carboxylic acids is 1. The molecule has 0 radical (unpaired) electrons. The van der Waals surface area contributed by atoms with Crippen molar-refractivity contribution < 1.29 is 9.90 Å². The highest BCUT2D eigenvalue weighted by Gasteiger charge is 2.17. The Hall–Kier alpha value is -0.610. The normalized spacial score (nSPS) is 11.9. The van der Waals surface area contributed by atoms with Gasteiger partial charge in [-0.3, -0.25) is 4.79 Å². The molecule has 0 aliphatic rings. The van der Waals surface area contributed by atoms with Crippen molar-refractivity contribution in [3.63, 3.8) is 0 Å². The summed E-state index contributed by atoms with van der Waals surface area (Å²) in [5.74, 6) is 0.158. The van der Waals surface area contributed by atoms with Crippen LogP contribution in [0.25, 0.3) is 0 Å². The van der Waals surface area contributed by atoms with E-state index in [2.05, 4.69) is 26.1 Å². The van der Waals surface area contributed by atoms with E-state index in [1.165, 1.54) is 0 Å². The van der Waals surface area contributed by atoms with Crippen molar-refractivity contribution in [2.45, 2.75) is 59.0 Å². The van der Waals surface area contributed by atoms with E-state index in [0.717, 1.165) is 0 Å². The maximum atomic E-state index is 12.0. The summed E-state index contributed by atoms with van der Waals surface area (Å²) in [4.78, 5) is 13.8. The molecule has 0 atom stereocenters. The van der Waals surface area contributed by atoms with Gasteiger partial charge >= 0.3 is 0 Å². The molecule has 0 aromatic heterocycles. The fraction of sp³-hybridized carbons (Fsp3) is 0.923. The van der Waals surface area contributed by atoms with Crippen LogP contribution >= 0.6 is 0 Å². The third-order valence-electron chi connectivity index (χ3n) is 2.50. The second kappa shape index (κ2) is 7.67. The fourth-order valence-corrected chi connectivity index (χ4v) is 1.60. The number of hydrogen-bond acceptors (Lipinski definition) is 3. The number of carbonyl (C=O) groups is 1. The first-order valence-electron chi connectivity index (χ1n) is 6.43. The number of aliphatic hydroxyl groups is 1. The van der Waals surface area contributed by atoms with Gasteiger partial charge in [0.1, 0.15) is 0 Å². The molecule has 0 saturated carbocycles. The summed E-state index contributed by atoms with van der Waals surface area (Å²) in [6, 6.07) is 0.198. The van der Waals surface area contributed by atoms with E-state index >= 15 is 0 Å². The third-order valence-corrected chi connectivity index (χ3v) is 2.50. The van der Waals surface area contributed by atoms with Crippen LogP contribution in [0.15, 0.2) is 0 Å². The first kappa shape index (κ1) is 16.4. The third kappa shape index (κ3) is 8.16. The van der Waals surface area contributed by atoms with E-state index in [0.29, 0.717) is 25.9 Å². The molecule has 0 aliphatic carbocycles. The predicted octanol–water partition coefficient (Wildman–Crippen LogP) is 1.38. The lowest BCUT2D eigenvalue weighted by Gasteiger charge is -2.27. The number of aliphatic hydroxyl groups excluding tert-OH is 1. The van der Waals surface area contributed by atoms with Crippen LogP contribution in [0.1, 0.15) is 47.5 Å². The van der Waals surface area contributed by atoms with Gasteiger partial charge in [-0.25, -0.2) is 0 Å². The van der Waals surface area contributed by atoms with Crippen LogP contribution in [0.2, 0.25) is 0 Å². The summed E-state index contributed by atoms with van der Waals surface area (Å²) < 4.78 is 0. The molecule has 0 aromatic rings. The van der Waals surface area contributed by atoms with E-state index in [1.54, 1.807) is 0 Å². The maximum absolute atomic E-state index is 12.0. The van der Waals surface area contributed by atoms with Crippen LogP contribution in [0.5, 0.6) is 0 Å². The molecule has 0 aliphatic heterocycles. The van der Waals surface area contributed by atoms with Crippen molar-refractivity contribution in [1.82, 2.24) is 10.2 Å². The van der Waals surface area contributed by atoms with Crippen molar-refractivity contribution in [3.05, 3.63) is 0 Å². The Balaban J connectivity index is 4.06. The van der Waals surface area contributed by atoms with Crippen LogP contribution in [-0.4, -0.2) is 47.2 Å². The van der Waals surface area contributed by atoms with Gasteiger partial charge in [0.2, 0.25) is 5.91 Å². The molecule has 0 aromatic carbocycles. The molecular formula is C13H28N2O2. The van der Waals surface area contributed by atoms with Crippen LogP contribution in [-0.2, 0) is 4.79 Å². The minimum atomic E-state index is 0.0496. The Kier molecular flexibility index (Phi) is 7.39. The van der Waals surface area contributed by atoms with Crippen molar-refractivity contribution in [2.75, 3.05) is 19.7 Å². The van der Waals surface area contributed by atoms with Gasteiger partial charge in [-0.15, -0.1) is 0 Å². The largest absolute Gasteiger partial charge is 0.396 e. The lowest BCUT2D eigenvalue weighted by Crippen LogP contribution is -2.42. The fourth-order valence-electron chi connectivity index (χ4n) is 1.60. The Labute approximate surface area is 105 Å². The molecule has 102 valence electrons. The number of hydrogen-bond donors (Lipinski definition) is 2. The zero-order chi connectivity index (χ0) is 13.5. The van der Waals surface area contributed by atoms with Crippen molar-refractivity contribution >= 4 is 5.91 Å². The van der Waals surface area contributed by atoms with Crippen LogP contribution in [0.4, 0.5) is 0 Å². The molecule has 0 spiro atoms. The highest BCUT2D eigenvalue weighted by Crippen LogP contribution is 2.04. The maximum Gasteiger partial charge on any atom is 0.224 e. The van der Waals surface area contributed by atoms with E-state index in [9.17, 15) is 4.79 Å². The lowest BCUT2D eigenvalue weighted by molar-refractivity contribution is -0.133. The van der Waals surface area contributed by atoms with Crippen molar-refractivity contribution in [2.24, 2.45) is 0 Å². The number of rotatable bonds is 7. The van der Waals surface area contributed by atoms with Gasteiger partial charge in [0.15, 0.2) is 0 Å². The molecule has 1 amide bonds. The SMILES string of the molecule is CC(C)N(CCCO)C(=O)CCNC(C)(C)C. The van der Waals surface area contributed by atoms with E-state index < -0.39 is 0 Å². The monoisotopic (exact) mass is 244 g/mol. The molecule has 0 unspecified atom stereocenters. The summed E-state index contributed by atoms with van der Waals surface area (Å²) in [5, 5.41) is 12.1. The molecule has 0 heterocycles. The van der Waals surface area contributed by atoms with Gasteiger partial charge in [-0.05, 0) is 41.0 Å². The molecule has 0 fully saturated rings. The zero-order valence-corrected chi connectivity index (χ0v) is 11.9. The minimum absolute atomic E-state index is 0.0496. The molecule has 0 saturated heterocycles. The van der Waals surface area contributed by atoms with Gasteiger partial charge in [-0.2, -0.15) is 0 Å². The van der Waals surface area contributed by atoms with Gasteiger partial charge in [0.05, 0.1) is 0 Å². The van der Waals surface area contributed by atoms with E-state index in [4.69, 9.17) is 5.11 Å². The van der Waals surface area contributed by atoms with E-state index in [-0.39, 0.29) is 24.1 Å². The summed E-state index contributed by atoms with van der Waals surface area (Å²) >= 11 is 0. The second-order valence-corrected chi connectivity index (χ2v) is 5.68. The molecule has 4 heteroatoms. The van der Waals surface area contributed by atoms with Crippen molar-refractivity contribution in [1.29, 1.82) is 0 Å². The minimum Gasteiger partial charge on any atom is -0.396 e. The Bertz CT molecular complexity index is 222. The van der Waals surface area contributed by atoms with E-state index in [1.807, 2.05) is 18.7 Å². The second-order valence-electron chi connectivity index (χ2n) is 5.68. The van der Waals surface area contributed by atoms with Gasteiger partial charge in [0, 0.05) is 37.7 Å². The standard InChI is InChI=1S/C13H28N2O2/c1-11(2)15(9-6-10-16)12(17)7-8-14-13(3,4)5/h11,14,16H,6-10H2,1-5H3. The van der Waals surface area contributed by atoms with Crippen LogP contribution < -0.4 is 5.32 Å². The van der Waals surface area contributed by atoms with Gasteiger partial charge < -0.3 is 15.3 Å². The van der Waals surface area contributed by atoms with Crippen molar-refractivity contribution in [3.8, 4) is 0 Å². The summed E-state index contributed by atoms with van der Waals surface area (Å²) in [6.07, 6.45) is 1.16. The quantitative estimate of drug-likeness (QED) is 0.711. The lowest BCUT2D eigenvalue weighted by atomic mass is 10.1. The van der Waals surface area contributed by atoms with Crippen LogP contribution in [0, 0.1) is 0 Å². The van der Waals surface area contributed by atoms with Crippen LogP contribution in [0.3, 0.4) is 0 Å². The van der Waals surface area contributed by atoms with Gasteiger partial charge in [-0.1, -0.05) is 0 Å². The topological polar surface area (TPSA) is 52.6 Å². The Morgan fingerprint density at radius 1 is 1.35 bits per heavy atom. The summed E-state index contributed by atoms with van der Waals surface area (Å²) in [6.45, 7) is 11.7. The number of amides is 1. The average molecular weight is 244 g/mol. The summed E-state index contributed by atoms with van der Waals surface area (Å²) in [7, 11) is 0. The molecule has 0 rings (SSSR count). The molecule has 2 N–H and O–H groups in total. The first-order valence-corrected chi connectivity index (χ1v) is 6.43. The smallest absolute Gasteiger partial charge is 0.224 e. The highest BCUT2D eigenvalue weighted by atomic mass is 16.3. The number of nitrogens with zero attached hydrogens (tertiary/aromatic N) is 1.